The van der Waals surface area contributed by atoms with E-state index in [4.69, 9.17) is 9.47 Å². The van der Waals surface area contributed by atoms with Gasteiger partial charge >= 0.3 is 12.0 Å². The van der Waals surface area contributed by atoms with E-state index in [0.717, 1.165) is 5.56 Å². The molecule has 112 valence electrons. The molecule has 2 unspecified atom stereocenters. The summed E-state index contributed by atoms with van der Waals surface area (Å²) in [6.45, 7) is 5.77. The largest absolute Gasteiger partial charge is 0.497 e. The molecule has 1 aromatic rings. The molecule has 1 aliphatic heterocycles. The first-order valence-electron chi connectivity index (χ1n) is 6.63. The molecular weight excluding hydrogens is 272 g/mol. The number of benzene rings is 1. The maximum absolute atomic E-state index is 12.1. The highest BCUT2D eigenvalue weighted by atomic mass is 16.5. The van der Waals surface area contributed by atoms with Crippen LogP contribution in [-0.2, 0) is 9.53 Å². The van der Waals surface area contributed by atoms with E-state index in [1.165, 1.54) is 0 Å². The van der Waals surface area contributed by atoms with Crippen LogP contribution in [0.5, 0.6) is 5.75 Å². The van der Waals surface area contributed by atoms with Gasteiger partial charge in [0.2, 0.25) is 0 Å². The third-order valence-electron chi connectivity index (χ3n) is 3.28. The molecule has 6 nitrogen and oxygen atoms in total. The number of rotatable bonds is 4. The summed E-state index contributed by atoms with van der Waals surface area (Å²) in [5.74, 6) is -0.391. The Labute approximate surface area is 123 Å². The molecule has 1 fully saturated rings. The maximum Gasteiger partial charge on any atom is 0.319 e. The van der Waals surface area contributed by atoms with E-state index in [9.17, 15) is 9.59 Å². The van der Waals surface area contributed by atoms with E-state index in [-0.39, 0.29) is 12.6 Å². The first-order chi connectivity index (χ1) is 10.1. The normalized spacial score (nSPS) is 21.2. The van der Waals surface area contributed by atoms with Crippen LogP contribution in [0.1, 0.15) is 18.5 Å². The topological polar surface area (TPSA) is 76.7 Å². The summed E-state index contributed by atoms with van der Waals surface area (Å²) in [7, 11) is 1.57. The fourth-order valence-electron chi connectivity index (χ4n) is 2.28. The molecule has 0 saturated carbocycles. The lowest BCUT2D eigenvalue weighted by Gasteiger charge is -2.33. The Morgan fingerprint density at radius 2 is 2.00 bits per heavy atom. The van der Waals surface area contributed by atoms with Crippen LogP contribution in [0.15, 0.2) is 36.5 Å². The standard InChI is InChI=1S/C15H18N2O4/c1-4-21-14(18)12-9(2)16-15(19)17-13(12)10-5-7-11(20-3)8-6-10/h5-8,12-13H,2,4H2,1,3H3,(H2,16,17,19). The monoisotopic (exact) mass is 290 g/mol. The third-order valence-corrected chi connectivity index (χ3v) is 3.28. The lowest BCUT2D eigenvalue weighted by molar-refractivity contribution is -0.147. The lowest BCUT2D eigenvalue weighted by Crippen LogP contribution is -2.51. The average molecular weight is 290 g/mol. The van der Waals surface area contributed by atoms with Gasteiger partial charge in [-0.1, -0.05) is 18.7 Å². The predicted molar refractivity (Wildman–Crippen MR) is 76.7 cm³/mol. The number of urea groups is 1. The minimum Gasteiger partial charge on any atom is -0.497 e. The fourth-order valence-corrected chi connectivity index (χ4v) is 2.28. The van der Waals surface area contributed by atoms with Crippen LogP contribution in [0.2, 0.25) is 0 Å². The maximum atomic E-state index is 12.1. The van der Waals surface area contributed by atoms with Gasteiger partial charge in [0.1, 0.15) is 11.7 Å². The SMILES string of the molecule is C=C1NC(=O)NC(c2ccc(OC)cc2)C1C(=O)OCC. The van der Waals surface area contributed by atoms with E-state index < -0.39 is 17.9 Å². The zero-order valence-electron chi connectivity index (χ0n) is 12.0. The van der Waals surface area contributed by atoms with Crippen LogP contribution in [0, 0.1) is 5.92 Å². The minimum atomic E-state index is -0.670. The van der Waals surface area contributed by atoms with E-state index in [1.807, 2.05) is 0 Å². The molecule has 6 heteroatoms. The van der Waals surface area contributed by atoms with E-state index in [1.54, 1.807) is 38.3 Å². The number of hydrogen-bond donors (Lipinski definition) is 2. The summed E-state index contributed by atoms with van der Waals surface area (Å²) < 4.78 is 10.2. The van der Waals surface area contributed by atoms with Gasteiger partial charge in [0, 0.05) is 5.70 Å². The highest BCUT2D eigenvalue weighted by Gasteiger charge is 2.38. The molecule has 2 N–H and O–H groups in total. The van der Waals surface area contributed by atoms with Crippen molar-refractivity contribution in [2.24, 2.45) is 5.92 Å². The van der Waals surface area contributed by atoms with Crippen LogP contribution < -0.4 is 15.4 Å². The van der Waals surface area contributed by atoms with Gasteiger partial charge in [-0.25, -0.2) is 4.79 Å². The fraction of sp³-hybridized carbons (Fsp3) is 0.333. The van der Waals surface area contributed by atoms with Gasteiger partial charge in [-0.3, -0.25) is 4.79 Å². The minimum absolute atomic E-state index is 0.270. The van der Waals surface area contributed by atoms with Gasteiger partial charge in [-0.2, -0.15) is 0 Å². The number of esters is 1. The van der Waals surface area contributed by atoms with Gasteiger partial charge in [-0.15, -0.1) is 0 Å². The van der Waals surface area contributed by atoms with Crippen LogP contribution in [0.25, 0.3) is 0 Å². The van der Waals surface area contributed by atoms with Crippen molar-refractivity contribution in [1.29, 1.82) is 0 Å². The second kappa shape index (κ2) is 6.30. The van der Waals surface area contributed by atoms with Crippen molar-refractivity contribution in [3.05, 3.63) is 42.1 Å². The molecule has 0 aliphatic carbocycles. The van der Waals surface area contributed by atoms with Crippen LogP contribution in [-0.4, -0.2) is 25.7 Å². The Morgan fingerprint density at radius 1 is 1.33 bits per heavy atom. The molecule has 0 aromatic heterocycles. The van der Waals surface area contributed by atoms with Crippen LogP contribution >= 0.6 is 0 Å². The molecule has 1 saturated heterocycles. The predicted octanol–water partition coefficient (Wildman–Crippen LogP) is 1.74. The highest BCUT2D eigenvalue weighted by Crippen LogP contribution is 2.31. The molecule has 2 amide bonds. The summed E-state index contributed by atoms with van der Waals surface area (Å²) in [5, 5.41) is 5.26. The summed E-state index contributed by atoms with van der Waals surface area (Å²) in [5.41, 5.74) is 1.11. The number of nitrogens with one attached hydrogen (secondary N) is 2. The number of ether oxygens (including phenoxy) is 2. The summed E-state index contributed by atoms with van der Waals surface area (Å²) in [6, 6.07) is 6.24. The molecule has 2 rings (SSSR count). The van der Waals surface area contributed by atoms with Crippen molar-refractivity contribution in [2.45, 2.75) is 13.0 Å². The molecule has 21 heavy (non-hydrogen) atoms. The number of amides is 2. The summed E-state index contributed by atoms with van der Waals surface area (Å²) >= 11 is 0. The molecule has 0 radical (unpaired) electrons. The van der Waals surface area contributed by atoms with Gasteiger partial charge < -0.3 is 20.1 Å². The highest BCUT2D eigenvalue weighted by molar-refractivity contribution is 5.85. The molecule has 2 atom stereocenters. The second-order valence-corrected chi connectivity index (χ2v) is 4.60. The molecular formula is C15H18N2O4. The molecule has 0 spiro atoms. The van der Waals surface area contributed by atoms with Gasteiger partial charge in [0.25, 0.3) is 0 Å². The molecule has 0 bridgehead atoms. The van der Waals surface area contributed by atoms with E-state index in [2.05, 4.69) is 17.2 Å². The zero-order chi connectivity index (χ0) is 15.4. The van der Waals surface area contributed by atoms with Gasteiger partial charge in [0.05, 0.1) is 19.8 Å². The number of carbonyl (C=O) groups excluding carboxylic acids is 2. The zero-order valence-corrected chi connectivity index (χ0v) is 12.0. The molecule has 1 heterocycles. The number of carbonyl (C=O) groups is 2. The van der Waals surface area contributed by atoms with Gasteiger partial charge in [0.15, 0.2) is 0 Å². The lowest BCUT2D eigenvalue weighted by atomic mass is 9.89. The Bertz CT molecular complexity index is 553. The van der Waals surface area contributed by atoms with Crippen molar-refractivity contribution in [3.63, 3.8) is 0 Å². The summed E-state index contributed by atoms with van der Waals surface area (Å²) in [6.07, 6.45) is 0. The Morgan fingerprint density at radius 3 is 2.57 bits per heavy atom. The number of hydrogen-bond acceptors (Lipinski definition) is 4. The van der Waals surface area contributed by atoms with Crippen molar-refractivity contribution < 1.29 is 19.1 Å². The van der Waals surface area contributed by atoms with Crippen LogP contribution in [0.4, 0.5) is 4.79 Å². The quantitative estimate of drug-likeness (QED) is 0.828. The Kier molecular flexibility index (Phi) is 4.47. The smallest absolute Gasteiger partial charge is 0.319 e. The first-order valence-corrected chi connectivity index (χ1v) is 6.63. The van der Waals surface area contributed by atoms with E-state index >= 15 is 0 Å². The first kappa shape index (κ1) is 14.9. The third kappa shape index (κ3) is 3.16. The molecule has 1 aliphatic rings. The second-order valence-electron chi connectivity index (χ2n) is 4.60. The van der Waals surface area contributed by atoms with Crippen LogP contribution in [0.3, 0.4) is 0 Å². The van der Waals surface area contributed by atoms with Crippen molar-refractivity contribution >= 4 is 12.0 Å². The van der Waals surface area contributed by atoms with Crippen molar-refractivity contribution in [2.75, 3.05) is 13.7 Å². The van der Waals surface area contributed by atoms with Crippen molar-refractivity contribution in [1.82, 2.24) is 10.6 Å². The van der Waals surface area contributed by atoms with E-state index in [0.29, 0.717) is 11.4 Å². The Balaban J connectivity index is 2.32. The molecule has 1 aromatic carbocycles. The Hall–Kier alpha value is -2.50. The van der Waals surface area contributed by atoms with Gasteiger partial charge in [-0.05, 0) is 24.6 Å². The van der Waals surface area contributed by atoms with Crippen molar-refractivity contribution in [3.8, 4) is 5.75 Å². The number of methoxy groups -OCH3 is 1. The summed E-state index contributed by atoms with van der Waals surface area (Å²) in [4.78, 5) is 23.8. The average Bonchev–Trinajstić information content (AvgIpc) is 2.46.